The summed E-state index contributed by atoms with van der Waals surface area (Å²) in [5.74, 6) is -0.501. The normalized spacial score (nSPS) is 16.8. The van der Waals surface area contributed by atoms with E-state index >= 15 is 0 Å². The Morgan fingerprint density at radius 2 is 1.58 bits per heavy atom. The van der Waals surface area contributed by atoms with Crippen molar-refractivity contribution in [3.63, 3.8) is 0 Å². The number of carbonyl (C=O) groups excluding carboxylic acids is 2. The van der Waals surface area contributed by atoms with Gasteiger partial charge in [-0.25, -0.2) is 22.3 Å². The first-order valence-electron chi connectivity index (χ1n) is 12.1. The van der Waals surface area contributed by atoms with Crippen LogP contribution in [0.5, 0.6) is 0 Å². The fraction of sp³-hybridized carbons (Fsp3) is 0.259. The smallest absolute Gasteiger partial charge is 0.339 e. The molecule has 1 saturated heterocycles. The van der Waals surface area contributed by atoms with Crippen molar-refractivity contribution in [1.82, 2.24) is 9.62 Å². The molecule has 5 rings (SSSR count). The van der Waals surface area contributed by atoms with Gasteiger partial charge >= 0.3 is 12.0 Å². The van der Waals surface area contributed by atoms with Gasteiger partial charge in [0.15, 0.2) is 0 Å². The number of methoxy groups -OCH3 is 1. The van der Waals surface area contributed by atoms with Crippen LogP contribution in [0.25, 0.3) is 0 Å². The van der Waals surface area contributed by atoms with Gasteiger partial charge in [0.2, 0.25) is 0 Å². The van der Waals surface area contributed by atoms with Crippen molar-refractivity contribution in [2.45, 2.75) is 18.0 Å². The van der Waals surface area contributed by atoms with E-state index < -0.39 is 22.0 Å². The summed E-state index contributed by atoms with van der Waals surface area (Å²) in [4.78, 5) is 29.2. The number of carbonyl (C=O) groups is 2. The number of benzene rings is 3. The van der Waals surface area contributed by atoms with Crippen molar-refractivity contribution in [3.8, 4) is 0 Å². The summed E-state index contributed by atoms with van der Waals surface area (Å²) in [6.45, 7) is 2.57. The number of esters is 1. The predicted octanol–water partition coefficient (Wildman–Crippen LogP) is 3.87. The highest BCUT2D eigenvalue weighted by Crippen LogP contribution is 2.44. The maximum atomic E-state index is 14.1. The molecule has 0 unspecified atom stereocenters. The average molecular weight is 555 g/mol. The van der Waals surface area contributed by atoms with Crippen LogP contribution in [0.2, 0.25) is 5.02 Å². The van der Waals surface area contributed by atoms with Gasteiger partial charge in [-0.3, -0.25) is 4.90 Å². The van der Waals surface area contributed by atoms with E-state index in [-0.39, 0.29) is 23.7 Å². The van der Waals surface area contributed by atoms with Gasteiger partial charge in [-0.05, 0) is 35.4 Å². The van der Waals surface area contributed by atoms with Crippen LogP contribution in [0.3, 0.4) is 0 Å². The zero-order valence-corrected chi connectivity index (χ0v) is 22.3. The van der Waals surface area contributed by atoms with Crippen molar-refractivity contribution in [2.75, 3.05) is 43.1 Å². The molecule has 0 aromatic heterocycles. The Balaban J connectivity index is 1.62. The molecule has 0 spiro atoms. The minimum atomic E-state index is -4.25. The SMILES string of the molecule is COC(=O)c1ccc(CN2C(=O)N(Cc3ccccc3)c3cc(Cl)cc(N4CCNCC4)c3S2(=O)=O)cc1. The molecule has 2 aliphatic rings. The van der Waals surface area contributed by atoms with E-state index in [2.05, 4.69) is 5.32 Å². The number of piperazine rings is 1. The molecular weight excluding hydrogens is 528 g/mol. The lowest BCUT2D eigenvalue weighted by molar-refractivity contribution is 0.0600. The van der Waals surface area contributed by atoms with E-state index in [0.717, 1.165) is 9.87 Å². The number of amides is 2. The molecule has 9 nitrogen and oxygen atoms in total. The number of nitrogens with zero attached hydrogens (tertiary/aromatic N) is 3. The van der Waals surface area contributed by atoms with Crippen molar-refractivity contribution >= 4 is 45.0 Å². The highest BCUT2D eigenvalue weighted by atomic mass is 35.5. The number of halogens is 1. The summed E-state index contributed by atoms with van der Waals surface area (Å²) in [5, 5.41) is 3.63. The Hall–Kier alpha value is -3.60. The number of anilines is 2. The largest absolute Gasteiger partial charge is 0.465 e. The van der Waals surface area contributed by atoms with Gasteiger partial charge in [-0.2, -0.15) is 0 Å². The Kier molecular flexibility index (Phi) is 7.29. The standard InChI is InChI=1S/C27H27ClN4O5S/c1-37-26(33)21-9-7-20(8-10-21)18-32-27(34)31(17-19-5-3-2-4-6-19)24-16-22(28)15-23(25(24)38(32,35)36)30-13-11-29-12-14-30/h2-10,15-16,29H,11-14,17-18H2,1H3. The van der Waals surface area contributed by atoms with Gasteiger partial charge in [0.1, 0.15) is 4.90 Å². The van der Waals surface area contributed by atoms with E-state index in [1.807, 2.05) is 35.2 Å². The minimum absolute atomic E-state index is 0.0607. The second kappa shape index (κ2) is 10.6. The highest BCUT2D eigenvalue weighted by Gasteiger charge is 2.44. The van der Waals surface area contributed by atoms with E-state index in [0.29, 0.717) is 48.0 Å². The van der Waals surface area contributed by atoms with Crippen LogP contribution in [-0.2, 0) is 27.8 Å². The fourth-order valence-corrected chi connectivity index (χ4v) is 6.66. The topological polar surface area (TPSA) is 99.3 Å². The quantitative estimate of drug-likeness (QED) is 0.462. The van der Waals surface area contributed by atoms with Crippen LogP contribution in [0.1, 0.15) is 21.5 Å². The van der Waals surface area contributed by atoms with Gasteiger partial charge in [-0.15, -0.1) is 0 Å². The Morgan fingerprint density at radius 3 is 2.24 bits per heavy atom. The van der Waals surface area contributed by atoms with Crippen LogP contribution in [0, 0.1) is 0 Å². The summed E-state index contributed by atoms with van der Waals surface area (Å²) >= 11 is 6.50. The molecule has 11 heteroatoms. The summed E-state index contributed by atoms with van der Waals surface area (Å²) in [6, 6.07) is 18.2. The lowest BCUT2D eigenvalue weighted by Crippen LogP contribution is -2.51. The molecule has 1 N–H and O–H groups in total. The maximum absolute atomic E-state index is 14.1. The van der Waals surface area contributed by atoms with Crippen molar-refractivity contribution in [2.24, 2.45) is 0 Å². The molecule has 3 aromatic rings. The third-order valence-electron chi connectivity index (χ3n) is 6.64. The molecule has 0 saturated carbocycles. The number of nitrogens with one attached hydrogen (secondary N) is 1. The molecule has 0 bridgehead atoms. The molecule has 2 aliphatic heterocycles. The maximum Gasteiger partial charge on any atom is 0.339 e. The van der Waals surface area contributed by atoms with E-state index in [1.165, 1.54) is 12.0 Å². The number of urea groups is 1. The second-order valence-corrected chi connectivity index (χ2v) is 11.3. The van der Waals surface area contributed by atoms with Gasteiger partial charge in [0.05, 0.1) is 37.1 Å². The second-order valence-electron chi connectivity index (χ2n) is 9.06. The number of ether oxygens (including phenoxy) is 1. The molecule has 38 heavy (non-hydrogen) atoms. The lowest BCUT2D eigenvalue weighted by Gasteiger charge is -2.39. The van der Waals surface area contributed by atoms with Crippen LogP contribution in [0.4, 0.5) is 16.2 Å². The zero-order valence-electron chi connectivity index (χ0n) is 20.8. The molecule has 2 heterocycles. The monoisotopic (exact) mass is 554 g/mol. The third-order valence-corrected chi connectivity index (χ3v) is 8.66. The van der Waals surface area contributed by atoms with E-state index in [9.17, 15) is 18.0 Å². The van der Waals surface area contributed by atoms with E-state index in [4.69, 9.17) is 16.3 Å². The number of rotatable bonds is 6. The van der Waals surface area contributed by atoms with Crippen LogP contribution in [0.15, 0.2) is 71.6 Å². The number of hydrogen-bond acceptors (Lipinski definition) is 7. The molecule has 2 amide bonds. The Bertz CT molecular complexity index is 1460. The first-order chi connectivity index (χ1) is 18.3. The van der Waals surface area contributed by atoms with Crippen LogP contribution >= 0.6 is 11.6 Å². The Labute approximate surface area is 226 Å². The Morgan fingerprint density at radius 1 is 0.947 bits per heavy atom. The molecule has 0 atom stereocenters. The number of fused-ring (bicyclic) bond motifs is 1. The van der Waals surface area contributed by atoms with Gasteiger partial charge in [0.25, 0.3) is 10.0 Å². The minimum Gasteiger partial charge on any atom is -0.465 e. The lowest BCUT2D eigenvalue weighted by atomic mass is 10.1. The molecular formula is C27H27ClN4O5S. The van der Waals surface area contributed by atoms with Crippen LogP contribution < -0.4 is 15.1 Å². The predicted molar refractivity (Wildman–Crippen MR) is 145 cm³/mol. The molecule has 0 radical (unpaired) electrons. The molecule has 198 valence electrons. The fourth-order valence-electron chi connectivity index (χ4n) is 4.72. The first-order valence-corrected chi connectivity index (χ1v) is 14.0. The first kappa shape index (κ1) is 26.0. The van der Waals surface area contributed by atoms with Gasteiger partial charge in [0, 0.05) is 31.2 Å². The van der Waals surface area contributed by atoms with Crippen molar-refractivity contribution in [3.05, 3.63) is 88.4 Å². The summed E-state index contributed by atoms with van der Waals surface area (Å²) < 4.78 is 33.9. The zero-order chi connectivity index (χ0) is 26.9. The average Bonchev–Trinajstić information content (AvgIpc) is 2.94. The number of sulfonamides is 1. The molecule has 3 aromatic carbocycles. The highest BCUT2D eigenvalue weighted by molar-refractivity contribution is 7.90. The van der Waals surface area contributed by atoms with Crippen molar-refractivity contribution in [1.29, 1.82) is 0 Å². The molecule has 1 fully saturated rings. The summed E-state index contributed by atoms with van der Waals surface area (Å²) in [5.41, 5.74) is 2.46. The van der Waals surface area contributed by atoms with Crippen LogP contribution in [-0.4, -0.2) is 58.0 Å². The van der Waals surface area contributed by atoms with Gasteiger partial charge < -0.3 is 15.0 Å². The van der Waals surface area contributed by atoms with Crippen molar-refractivity contribution < 1.29 is 22.7 Å². The molecule has 0 aliphatic carbocycles. The van der Waals surface area contributed by atoms with Gasteiger partial charge in [-0.1, -0.05) is 54.1 Å². The third kappa shape index (κ3) is 4.94. The summed E-state index contributed by atoms with van der Waals surface area (Å²) in [7, 11) is -2.97. The number of hydrogen-bond donors (Lipinski definition) is 1. The summed E-state index contributed by atoms with van der Waals surface area (Å²) in [6.07, 6.45) is 0. The van der Waals surface area contributed by atoms with E-state index in [1.54, 1.807) is 36.4 Å².